The van der Waals surface area contributed by atoms with Crippen molar-refractivity contribution in [3.05, 3.63) is 29.8 Å². The standard InChI is InChI=1S/C15H13F3N6O2S/c16-15(17,18)13-22-21-11-6-23(3-4-24(11)13)7-12(26)20-14-19-9-2-1-8(25)5-10(9)27-14/h1-2,5,25H,3-4,6-7H2,(H,19,20,26). The second kappa shape index (κ2) is 6.46. The predicted molar refractivity (Wildman–Crippen MR) is 90.2 cm³/mol. The Hall–Kier alpha value is -2.73. The molecule has 27 heavy (non-hydrogen) atoms. The molecule has 0 spiro atoms. The van der Waals surface area contributed by atoms with Crippen LogP contribution in [0.5, 0.6) is 5.75 Å². The monoisotopic (exact) mass is 398 g/mol. The molecular formula is C15H13F3N6O2S. The van der Waals surface area contributed by atoms with E-state index >= 15 is 0 Å². The number of benzene rings is 1. The molecule has 1 amide bonds. The molecule has 142 valence electrons. The van der Waals surface area contributed by atoms with Gasteiger partial charge in [0, 0.05) is 13.1 Å². The minimum Gasteiger partial charge on any atom is -0.508 e. The molecule has 0 aliphatic carbocycles. The van der Waals surface area contributed by atoms with Gasteiger partial charge in [-0.25, -0.2) is 4.98 Å². The van der Waals surface area contributed by atoms with E-state index in [1.165, 1.54) is 17.4 Å². The molecule has 12 heteroatoms. The van der Waals surface area contributed by atoms with E-state index in [4.69, 9.17) is 0 Å². The van der Waals surface area contributed by atoms with Crippen LogP contribution < -0.4 is 5.32 Å². The van der Waals surface area contributed by atoms with Crippen molar-refractivity contribution in [3.63, 3.8) is 0 Å². The van der Waals surface area contributed by atoms with Crippen LogP contribution in [0.3, 0.4) is 0 Å². The summed E-state index contributed by atoms with van der Waals surface area (Å²) >= 11 is 1.22. The van der Waals surface area contributed by atoms with Crippen LogP contribution >= 0.6 is 11.3 Å². The molecular weight excluding hydrogens is 385 g/mol. The van der Waals surface area contributed by atoms with Gasteiger partial charge in [-0.15, -0.1) is 10.2 Å². The topological polar surface area (TPSA) is 96.2 Å². The number of carbonyl (C=O) groups is 1. The molecule has 0 bridgehead atoms. The molecule has 0 unspecified atom stereocenters. The maximum atomic E-state index is 12.8. The third-order valence-corrected chi connectivity index (χ3v) is 5.00. The van der Waals surface area contributed by atoms with Gasteiger partial charge in [-0.3, -0.25) is 9.69 Å². The Morgan fingerprint density at radius 2 is 2.11 bits per heavy atom. The quantitative estimate of drug-likeness (QED) is 0.701. The van der Waals surface area contributed by atoms with Crippen LogP contribution in [0.25, 0.3) is 10.2 Å². The van der Waals surface area contributed by atoms with Gasteiger partial charge >= 0.3 is 6.18 Å². The van der Waals surface area contributed by atoms with Crippen molar-refractivity contribution in [1.82, 2.24) is 24.6 Å². The number of amides is 1. The van der Waals surface area contributed by atoms with E-state index in [0.29, 0.717) is 10.6 Å². The average molecular weight is 398 g/mol. The minimum absolute atomic E-state index is 0.00458. The molecule has 0 atom stereocenters. The number of aromatic nitrogens is 4. The van der Waals surface area contributed by atoms with Crippen LogP contribution in [-0.4, -0.2) is 48.8 Å². The third-order valence-electron chi connectivity index (χ3n) is 4.07. The zero-order valence-electron chi connectivity index (χ0n) is 13.7. The van der Waals surface area contributed by atoms with Crippen molar-refractivity contribution in [3.8, 4) is 5.75 Å². The lowest BCUT2D eigenvalue weighted by Gasteiger charge is -2.27. The fourth-order valence-electron chi connectivity index (χ4n) is 2.88. The summed E-state index contributed by atoms with van der Waals surface area (Å²) in [6.07, 6.45) is -4.55. The van der Waals surface area contributed by atoms with Crippen LogP contribution in [-0.2, 0) is 24.1 Å². The molecule has 2 aromatic heterocycles. The zero-order chi connectivity index (χ0) is 19.2. The molecule has 0 fully saturated rings. The molecule has 1 aliphatic heterocycles. The summed E-state index contributed by atoms with van der Waals surface area (Å²) in [6, 6.07) is 4.71. The van der Waals surface area contributed by atoms with Gasteiger partial charge in [0.15, 0.2) is 5.13 Å². The van der Waals surface area contributed by atoms with Gasteiger partial charge < -0.3 is 15.0 Å². The molecule has 0 saturated heterocycles. The number of aromatic hydroxyl groups is 1. The first kappa shape index (κ1) is 17.7. The van der Waals surface area contributed by atoms with Crippen LogP contribution in [0.1, 0.15) is 11.6 Å². The second-order valence-corrected chi connectivity index (χ2v) is 7.05. The number of carbonyl (C=O) groups excluding carboxylic acids is 1. The number of hydrogen-bond donors (Lipinski definition) is 2. The van der Waals surface area contributed by atoms with E-state index in [9.17, 15) is 23.1 Å². The molecule has 2 N–H and O–H groups in total. The van der Waals surface area contributed by atoms with Gasteiger partial charge in [0.05, 0.1) is 23.3 Å². The first-order valence-corrected chi connectivity index (χ1v) is 8.72. The van der Waals surface area contributed by atoms with Crippen LogP contribution in [0.2, 0.25) is 0 Å². The van der Waals surface area contributed by atoms with E-state index in [-0.39, 0.29) is 43.7 Å². The van der Waals surface area contributed by atoms with E-state index < -0.39 is 12.0 Å². The highest BCUT2D eigenvalue weighted by Gasteiger charge is 2.39. The van der Waals surface area contributed by atoms with E-state index in [0.717, 1.165) is 9.27 Å². The molecule has 8 nitrogen and oxygen atoms in total. The second-order valence-electron chi connectivity index (χ2n) is 6.02. The van der Waals surface area contributed by atoms with Gasteiger partial charge in [0.25, 0.3) is 0 Å². The number of thiazole rings is 1. The zero-order valence-corrected chi connectivity index (χ0v) is 14.5. The van der Waals surface area contributed by atoms with Gasteiger partial charge in [-0.1, -0.05) is 11.3 Å². The third kappa shape index (κ3) is 3.57. The van der Waals surface area contributed by atoms with Gasteiger partial charge in [-0.2, -0.15) is 13.2 Å². The number of phenolic OH excluding ortho intramolecular Hbond substituents is 1. The Labute approximate surface area is 154 Å². The number of nitrogens with zero attached hydrogens (tertiary/aromatic N) is 5. The lowest BCUT2D eigenvalue weighted by Crippen LogP contribution is -2.39. The van der Waals surface area contributed by atoms with Crippen molar-refractivity contribution < 1.29 is 23.1 Å². The van der Waals surface area contributed by atoms with Crippen LogP contribution in [0, 0.1) is 0 Å². The number of alkyl halides is 3. The van der Waals surface area contributed by atoms with Crippen molar-refractivity contribution >= 4 is 32.6 Å². The van der Waals surface area contributed by atoms with Gasteiger partial charge in [0.1, 0.15) is 11.6 Å². The highest BCUT2D eigenvalue weighted by molar-refractivity contribution is 7.22. The Kier molecular flexibility index (Phi) is 4.23. The Morgan fingerprint density at radius 1 is 1.30 bits per heavy atom. The number of rotatable bonds is 3. The Morgan fingerprint density at radius 3 is 2.89 bits per heavy atom. The predicted octanol–water partition coefficient (Wildman–Crippen LogP) is 2.07. The fraction of sp³-hybridized carbons (Fsp3) is 0.333. The molecule has 0 radical (unpaired) electrons. The Bertz CT molecular complexity index is 1010. The molecule has 3 heterocycles. The maximum absolute atomic E-state index is 12.8. The SMILES string of the molecule is O=C(CN1CCn2c(nnc2C(F)(F)F)C1)Nc1nc2ccc(O)cc2s1. The average Bonchev–Trinajstić information content (AvgIpc) is 3.16. The lowest BCUT2D eigenvalue weighted by molar-refractivity contribution is -0.148. The summed E-state index contributed by atoms with van der Waals surface area (Å²) in [6.45, 7) is 0.430. The first-order chi connectivity index (χ1) is 12.8. The smallest absolute Gasteiger partial charge is 0.451 e. The summed E-state index contributed by atoms with van der Waals surface area (Å²) < 4.78 is 40.3. The molecule has 1 aromatic carbocycles. The largest absolute Gasteiger partial charge is 0.508 e. The first-order valence-electron chi connectivity index (χ1n) is 7.90. The molecule has 0 saturated carbocycles. The van der Waals surface area contributed by atoms with Crippen LogP contribution in [0.4, 0.5) is 18.3 Å². The molecule has 4 rings (SSSR count). The number of phenols is 1. The van der Waals surface area contributed by atoms with E-state index in [2.05, 4.69) is 20.5 Å². The number of nitrogens with one attached hydrogen (secondary N) is 1. The number of hydrogen-bond acceptors (Lipinski definition) is 7. The molecule has 1 aliphatic rings. The van der Waals surface area contributed by atoms with Crippen LogP contribution in [0.15, 0.2) is 18.2 Å². The lowest BCUT2D eigenvalue weighted by atomic mass is 10.3. The summed E-state index contributed by atoms with van der Waals surface area (Å²) in [5, 5.41) is 19.3. The van der Waals surface area contributed by atoms with Crippen molar-refractivity contribution in [2.75, 3.05) is 18.4 Å². The van der Waals surface area contributed by atoms with Crippen molar-refractivity contribution in [1.29, 1.82) is 0 Å². The highest BCUT2D eigenvalue weighted by Crippen LogP contribution is 2.30. The van der Waals surface area contributed by atoms with Gasteiger partial charge in [-0.05, 0) is 18.2 Å². The van der Waals surface area contributed by atoms with E-state index in [1.807, 2.05) is 0 Å². The normalized spacial score (nSPS) is 15.1. The summed E-state index contributed by atoms with van der Waals surface area (Å²) in [5.41, 5.74) is 0.652. The number of halogens is 3. The van der Waals surface area contributed by atoms with Crippen molar-refractivity contribution in [2.24, 2.45) is 0 Å². The van der Waals surface area contributed by atoms with E-state index in [1.54, 1.807) is 17.0 Å². The minimum atomic E-state index is -4.55. The number of anilines is 1. The Balaban J connectivity index is 1.41. The maximum Gasteiger partial charge on any atom is 0.451 e. The molecule has 3 aromatic rings. The highest BCUT2D eigenvalue weighted by atomic mass is 32.1. The fourth-order valence-corrected chi connectivity index (χ4v) is 3.80. The summed E-state index contributed by atoms with van der Waals surface area (Å²) in [7, 11) is 0. The van der Waals surface area contributed by atoms with Gasteiger partial charge in [0.2, 0.25) is 11.7 Å². The summed E-state index contributed by atoms with van der Waals surface area (Å²) in [4.78, 5) is 18.2. The number of fused-ring (bicyclic) bond motifs is 2. The summed E-state index contributed by atoms with van der Waals surface area (Å²) in [5.74, 6) is -1.06. The van der Waals surface area contributed by atoms with Crippen molar-refractivity contribution in [2.45, 2.75) is 19.3 Å².